The summed E-state index contributed by atoms with van der Waals surface area (Å²) >= 11 is 7.95. The summed E-state index contributed by atoms with van der Waals surface area (Å²) in [6, 6.07) is 16.6. The van der Waals surface area contributed by atoms with Gasteiger partial charge in [0.05, 0.1) is 32.3 Å². The quantitative estimate of drug-likeness (QED) is 0.399. The molecule has 2 heterocycles. The molecule has 1 aliphatic rings. The van der Waals surface area contributed by atoms with Crippen LogP contribution in [0.15, 0.2) is 84.1 Å². The van der Waals surface area contributed by atoms with Gasteiger partial charge >= 0.3 is 0 Å². The number of thioether (sulfide) groups is 1. The third-order valence-corrected chi connectivity index (χ3v) is 6.32. The van der Waals surface area contributed by atoms with E-state index in [1.165, 1.54) is 11.8 Å². The molecule has 1 aromatic heterocycles. The zero-order chi connectivity index (χ0) is 20.4. The van der Waals surface area contributed by atoms with Crippen molar-refractivity contribution in [3.63, 3.8) is 0 Å². The molecule has 1 aliphatic heterocycles. The molecule has 8 heteroatoms. The van der Waals surface area contributed by atoms with E-state index in [9.17, 15) is 9.90 Å². The molecule has 0 aliphatic carbocycles. The van der Waals surface area contributed by atoms with Crippen molar-refractivity contribution in [1.29, 1.82) is 0 Å². The molecule has 0 atom stereocenters. The highest BCUT2D eigenvalue weighted by Gasteiger charge is 2.34. The number of hydrogen-bond donors (Lipinski definition) is 1. The molecule has 2 aromatic carbocycles. The van der Waals surface area contributed by atoms with Crippen molar-refractivity contribution >= 4 is 66.5 Å². The molecule has 5 nitrogen and oxygen atoms in total. The topological polar surface area (TPSA) is 66.0 Å². The second-order valence-electron chi connectivity index (χ2n) is 6.14. The van der Waals surface area contributed by atoms with E-state index in [-0.39, 0.29) is 11.7 Å². The summed E-state index contributed by atoms with van der Waals surface area (Å²) in [6.45, 7) is 0.296. The third-order valence-electron chi connectivity index (χ3n) is 4.10. The number of rotatable bonds is 4. The minimum absolute atomic E-state index is 0.114. The van der Waals surface area contributed by atoms with Gasteiger partial charge in [0, 0.05) is 0 Å². The monoisotopic (exact) mass is 532 g/mol. The summed E-state index contributed by atoms with van der Waals surface area (Å²) in [6.07, 6.45) is 3.36. The zero-order valence-corrected chi connectivity index (χ0v) is 18.9. The van der Waals surface area contributed by atoms with Crippen LogP contribution in [0.4, 0.5) is 5.69 Å². The molecule has 4 rings (SSSR count). The lowest BCUT2D eigenvalue weighted by molar-refractivity contribution is -0.122. The lowest BCUT2D eigenvalue weighted by Gasteiger charge is -2.13. The lowest BCUT2D eigenvalue weighted by Crippen LogP contribution is -2.28. The van der Waals surface area contributed by atoms with Gasteiger partial charge < -0.3 is 9.52 Å². The maximum absolute atomic E-state index is 13.1. The van der Waals surface area contributed by atoms with E-state index in [4.69, 9.17) is 4.42 Å². The Bertz CT molecular complexity index is 1090. The molecular formula is C21H14Br2N2O3S. The highest BCUT2D eigenvalue weighted by atomic mass is 79.9. The maximum Gasteiger partial charge on any atom is 0.267 e. The number of carbonyl (C=O) groups is 1. The summed E-state index contributed by atoms with van der Waals surface area (Å²) in [5, 5.41) is 10.5. The number of halogens is 2. The molecule has 0 radical (unpaired) electrons. The average molecular weight is 534 g/mol. The SMILES string of the molecule is O=C1/C(=C/c2cc(Br)c(O)c(Br)c2)SC(=Nc2ccccc2)N1Cc1ccco1. The zero-order valence-electron chi connectivity index (χ0n) is 14.9. The summed E-state index contributed by atoms with van der Waals surface area (Å²) < 4.78 is 6.51. The van der Waals surface area contributed by atoms with E-state index in [1.54, 1.807) is 35.4 Å². The summed E-state index contributed by atoms with van der Waals surface area (Å²) in [5.74, 6) is 0.640. The molecule has 3 aromatic rings. The van der Waals surface area contributed by atoms with Gasteiger partial charge in [0.2, 0.25) is 0 Å². The minimum Gasteiger partial charge on any atom is -0.506 e. The van der Waals surface area contributed by atoms with Crippen molar-refractivity contribution in [2.75, 3.05) is 0 Å². The minimum atomic E-state index is -0.151. The Morgan fingerprint density at radius 3 is 2.48 bits per heavy atom. The fourth-order valence-corrected chi connectivity index (χ4v) is 4.94. The average Bonchev–Trinajstić information content (AvgIpc) is 3.31. The van der Waals surface area contributed by atoms with Crippen molar-refractivity contribution in [2.24, 2.45) is 4.99 Å². The van der Waals surface area contributed by atoms with Gasteiger partial charge in [0.1, 0.15) is 11.5 Å². The predicted molar refractivity (Wildman–Crippen MR) is 122 cm³/mol. The molecule has 1 N–H and O–H groups in total. The van der Waals surface area contributed by atoms with Crippen molar-refractivity contribution in [3.8, 4) is 5.75 Å². The van der Waals surface area contributed by atoms with Crippen LogP contribution >= 0.6 is 43.6 Å². The first-order valence-electron chi connectivity index (χ1n) is 8.57. The number of phenolic OH excluding ortho intramolecular Hbond substituents is 1. The first-order valence-corrected chi connectivity index (χ1v) is 11.0. The van der Waals surface area contributed by atoms with Crippen molar-refractivity contribution < 1.29 is 14.3 Å². The van der Waals surface area contributed by atoms with Crippen molar-refractivity contribution in [1.82, 2.24) is 4.90 Å². The fraction of sp³-hybridized carbons (Fsp3) is 0.0476. The van der Waals surface area contributed by atoms with Crippen molar-refractivity contribution in [2.45, 2.75) is 6.54 Å². The number of para-hydroxylation sites is 1. The Morgan fingerprint density at radius 2 is 1.83 bits per heavy atom. The number of aromatic hydroxyl groups is 1. The number of furan rings is 1. The molecule has 0 saturated carbocycles. The Hall–Kier alpha value is -2.29. The van der Waals surface area contributed by atoms with E-state index in [0.717, 1.165) is 11.3 Å². The van der Waals surface area contributed by atoms with Crippen LogP contribution < -0.4 is 0 Å². The van der Waals surface area contributed by atoms with E-state index in [0.29, 0.717) is 31.3 Å². The molecule has 1 saturated heterocycles. The molecule has 29 heavy (non-hydrogen) atoms. The molecule has 146 valence electrons. The smallest absolute Gasteiger partial charge is 0.267 e. The number of aliphatic imine (C=N–C) groups is 1. The van der Waals surface area contributed by atoms with E-state index < -0.39 is 0 Å². The van der Waals surface area contributed by atoms with Gasteiger partial charge in [-0.15, -0.1) is 0 Å². The first kappa shape index (κ1) is 20.0. The summed E-state index contributed by atoms with van der Waals surface area (Å²) in [4.78, 5) is 19.9. The normalized spacial score (nSPS) is 16.9. The third kappa shape index (κ3) is 4.49. The van der Waals surface area contributed by atoms with Gasteiger partial charge in [-0.3, -0.25) is 9.69 Å². The first-order chi connectivity index (χ1) is 14.0. The molecule has 1 amide bonds. The standard InChI is InChI=1S/C21H14Br2N2O3S/c22-16-9-13(10-17(23)19(16)26)11-18-20(27)25(12-15-7-4-8-28-15)21(29-18)24-14-5-2-1-3-6-14/h1-11,26H,12H2/b18-11-,24-21?. The number of phenols is 1. The van der Waals surface area contributed by atoms with E-state index in [2.05, 4.69) is 36.9 Å². The number of amidine groups is 1. The van der Waals surface area contributed by atoms with Crippen LogP contribution in [0.5, 0.6) is 5.75 Å². The Labute approximate surface area is 188 Å². The van der Waals surface area contributed by atoms with E-state index >= 15 is 0 Å². The lowest BCUT2D eigenvalue weighted by atomic mass is 10.2. The van der Waals surface area contributed by atoms with E-state index in [1.807, 2.05) is 36.4 Å². The van der Waals surface area contributed by atoms with Crippen LogP contribution in [0.25, 0.3) is 6.08 Å². The summed E-state index contributed by atoms with van der Waals surface area (Å²) in [7, 11) is 0. The van der Waals surface area contributed by atoms with Crippen LogP contribution in [-0.2, 0) is 11.3 Å². The molecular weight excluding hydrogens is 520 g/mol. The van der Waals surface area contributed by atoms with Gasteiger partial charge in [-0.2, -0.15) is 0 Å². The second-order valence-corrected chi connectivity index (χ2v) is 8.86. The Morgan fingerprint density at radius 1 is 1.10 bits per heavy atom. The van der Waals surface area contributed by atoms with Crippen molar-refractivity contribution in [3.05, 3.63) is 86.0 Å². The highest BCUT2D eigenvalue weighted by Crippen LogP contribution is 2.38. The second kappa shape index (κ2) is 8.61. The highest BCUT2D eigenvalue weighted by molar-refractivity contribution is 9.11. The number of hydrogen-bond acceptors (Lipinski definition) is 5. The van der Waals surface area contributed by atoms with Crippen LogP contribution in [-0.4, -0.2) is 21.1 Å². The van der Waals surface area contributed by atoms with Gasteiger partial charge in [0.15, 0.2) is 5.17 Å². The number of amides is 1. The van der Waals surface area contributed by atoms with Gasteiger partial charge in [0.25, 0.3) is 5.91 Å². The molecule has 1 fully saturated rings. The molecule has 0 unspecified atom stereocenters. The van der Waals surface area contributed by atoms with Gasteiger partial charge in [-0.1, -0.05) is 18.2 Å². The maximum atomic E-state index is 13.1. The van der Waals surface area contributed by atoms with Gasteiger partial charge in [-0.05, 0) is 91.7 Å². The number of carbonyl (C=O) groups excluding carboxylic acids is 1. The summed E-state index contributed by atoms with van der Waals surface area (Å²) in [5.41, 5.74) is 1.54. The predicted octanol–water partition coefficient (Wildman–Crippen LogP) is 6.31. The number of benzene rings is 2. The Kier molecular flexibility index (Phi) is 5.94. The molecule has 0 spiro atoms. The Balaban J connectivity index is 1.71. The van der Waals surface area contributed by atoms with Crippen LogP contribution in [0.3, 0.4) is 0 Å². The van der Waals surface area contributed by atoms with Crippen LogP contribution in [0, 0.1) is 0 Å². The van der Waals surface area contributed by atoms with Crippen LogP contribution in [0.1, 0.15) is 11.3 Å². The van der Waals surface area contributed by atoms with Crippen LogP contribution in [0.2, 0.25) is 0 Å². The largest absolute Gasteiger partial charge is 0.506 e. The number of nitrogens with zero attached hydrogens (tertiary/aromatic N) is 2. The fourth-order valence-electron chi connectivity index (χ4n) is 2.72. The van der Waals surface area contributed by atoms with Gasteiger partial charge in [-0.25, -0.2) is 4.99 Å². The molecule has 0 bridgehead atoms.